The van der Waals surface area contributed by atoms with Crippen molar-refractivity contribution in [2.45, 2.75) is 37.5 Å². The Morgan fingerprint density at radius 1 is 0.897 bits per heavy atom. The summed E-state index contributed by atoms with van der Waals surface area (Å²) in [5.74, 6) is -0.204. The van der Waals surface area contributed by atoms with Crippen molar-refractivity contribution in [1.82, 2.24) is 0 Å². The van der Waals surface area contributed by atoms with Crippen molar-refractivity contribution < 1.29 is 41.6 Å². The van der Waals surface area contributed by atoms with Crippen molar-refractivity contribution in [3.05, 3.63) is 59.9 Å². The molecule has 29 heavy (non-hydrogen) atoms. The molecule has 0 saturated heterocycles. The third kappa shape index (κ3) is 11.9. The van der Waals surface area contributed by atoms with Gasteiger partial charge in [0.2, 0.25) is 0 Å². The lowest BCUT2D eigenvalue weighted by Gasteiger charge is -2.07. The quantitative estimate of drug-likeness (QED) is 0.219. The average Bonchev–Trinajstić information content (AvgIpc) is 2.61. The molecule has 0 unspecified atom stereocenters. The van der Waals surface area contributed by atoms with Gasteiger partial charge >= 0.3 is 5.97 Å². The van der Waals surface area contributed by atoms with Gasteiger partial charge in [-0.2, -0.15) is 0 Å². The van der Waals surface area contributed by atoms with Crippen LogP contribution in [-0.4, -0.2) is 12.6 Å². The molecule has 0 aliphatic rings. The first-order valence-corrected chi connectivity index (χ1v) is 8.81. The Bertz CT molecular complexity index is 659. The molecule has 0 saturated carbocycles. The summed E-state index contributed by atoms with van der Waals surface area (Å²) in [4.78, 5) is 12.2. The van der Waals surface area contributed by atoms with Gasteiger partial charge in [-0.3, -0.25) is 0 Å². The fraction of sp³-hybridized carbons (Fsp3) is 0.316. The monoisotopic (exact) mass is 443 g/mol. The molecule has 2 rings (SSSR count). The van der Waals surface area contributed by atoms with E-state index in [1.165, 1.54) is 18.9 Å². The fourth-order valence-corrected chi connectivity index (χ4v) is 2.59. The minimum absolute atomic E-state index is 0. The maximum Gasteiger partial charge on any atom is 0.350 e. The summed E-state index contributed by atoms with van der Waals surface area (Å²) in [5, 5.41) is 0. The summed E-state index contributed by atoms with van der Waals surface area (Å²) < 4.78 is 24.1. The molecule has 0 N–H and O–H groups in total. The molecule has 2 aromatic carbocycles. The molecular weight excluding hydrogens is 422 g/mol. The highest BCUT2D eigenvalue weighted by Gasteiger charge is 2.10. The Balaban J connectivity index is -0.000000625. The van der Waals surface area contributed by atoms with E-state index in [2.05, 4.69) is 6.92 Å². The van der Waals surface area contributed by atoms with Gasteiger partial charge in [0.1, 0.15) is 11.6 Å². The van der Waals surface area contributed by atoms with Crippen molar-refractivity contribution >= 4 is 18.0 Å². The number of rotatable bonds is 9. The zero-order valence-electron chi connectivity index (χ0n) is 15.6. The van der Waals surface area contributed by atoms with Crippen LogP contribution in [0.15, 0.2) is 53.4 Å². The molecule has 10 heteroatoms. The second-order valence-corrected chi connectivity index (χ2v) is 6.09. The molecule has 0 atom stereocenters. The van der Waals surface area contributed by atoms with E-state index in [9.17, 15) is 9.18 Å². The van der Waals surface area contributed by atoms with E-state index in [4.69, 9.17) is 8.92 Å². The lowest BCUT2D eigenvalue weighted by atomic mass is 10.2. The van der Waals surface area contributed by atoms with Crippen molar-refractivity contribution in [3.8, 4) is 5.75 Å². The highest BCUT2D eigenvalue weighted by atomic mass is 32.2. The van der Waals surface area contributed by atoms with Gasteiger partial charge in [-0.05, 0) is 42.8 Å². The lowest BCUT2D eigenvalue weighted by molar-refractivity contribution is -0.00100. The molecule has 0 aliphatic carbocycles. The Kier molecular flexibility index (Phi) is 22.4. The summed E-state index contributed by atoms with van der Waals surface area (Å²) in [7, 11) is 0. The number of carbonyl (C=O) groups excluding carboxylic acids is 1. The second-order valence-electron chi connectivity index (χ2n) is 5.32. The molecule has 2 aromatic rings. The number of benzene rings is 2. The number of unbranched alkanes of at least 4 members (excludes halogenated alkanes) is 3. The van der Waals surface area contributed by atoms with E-state index in [1.807, 2.05) is 0 Å². The molecule has 0 amide bonds. The number of ether oxygens (including phenoxy) is 1. The van der Waals surface area contributed by atoms with Crippen molar-refractivity contribution in [1.29, 1.82) is 0 Å². The maximum atomic E-state index is 13.5. The minimum atomic E-state index is -0.516. The third-order valence-electron chi connectivity index (χ3n) is 3.40. The first-order valence-electron chi connectivity index (χ1n) is 8.07. The van der Waals surface area contributed by atoms with E-state index < -0.39 is 11.8 Å². The van der Waals surface area contributed by atoms with Gasteiger partial charge in [0.15, 0.2) is 0 Å². The zero-order valence-corrected chi connectivity index (χ0v) is 16.4. The van der Waals surface area contributed by atoms with E-state index in [0.29, 0.717) is 12.2 Å². The van der Waals surface area contributed by atoms with Crippen molar-refractivity contribution in [2.75, 3.05) is 6.61 Å². The molecule has 0 aromatic heterocycles. The number of halogens is 6. The Hall–Kier alpha value is -2.36. The van der Waals surface area contributed by atoms with Gasteiger partial charge < -0.3 is 32.4 Å². The first-order chi connectivity index (χ1) is 11.7. The van der Waals surface area contributed by atoms with E-state index >= 15 is 0 Å². The van der Waals surface area contributed by atoms with Crippen LogP contribution in [0.3, 0.4) is 0 Å². The summed E-state index contributed by atoms with van der Waals surface area (Å²) in [6.45, 7) is 2.84. The molecule has 0 aliphatic heterocycles. The zero-order chi connectivity index (χ0) is 17.2. The number of hydrogen-bond donors (Lipinski definition) is 0. The predicted octanol–water partition coefficient (Wildman–Crippen LogP) is -9.33. The van der Waals surface area contributed by atoms with Crippen LogP contribution in [-0.2, 0) is 4.18 Å². The van der Waals surface area contributed by atoms with Gasteiger partial charge in [0, 0.05) is 0 Å². The van der Waals surface area contributed by atoms with Crippen LogP contribution in [0.4, 0.5) is 4.39 Å². The van der Waals surface area contributed by atoms with Gasteiger partial charge in [0.25, 0.3) is 0 Å². The normalized spacial score (nSPS) is 8.62. The number of carbonyl (C=O) groups is 1. The predicted molar refractivity (Wildman–Crippen MR) is 93.8 cm³/mol. The van der Waals surface area contributed by atoms with Gasteiger partial charge in [-0.25, -0.2) is 9.18 Å². The van der Waals surface area contributed by atoms with Crippen LogP contribution < -0.4 is 28.3 Å². The fourth-order valence-electron chi connectivity index (χ4n) is 2.05. The third-order valence-corrected chi connectivity index (χ3v) is 4.15. The van der Waals surface area contributed by atoms with Crippen LogP contribution in [0.25, 0.3) is 0 Å². The van der Waals surface area contributed by atoms with Crippen LogP contribution in [0.2, 0.25) is 0 Å². The first kappa shape index (κ1) is 34.2. The van der Waals surface area contributed by atoms with Crippen LogP contribution in [0.1, 0.15) is 43.0 Å². The van der Waals surface area contributed by atoms with Crippen LogP contribution in [0.5, 0.6) is 5.75 Å². The minimum Gasteiger partial charge on any atom is -1.00 e. The maximum absolute atomic E-state index is 13.5. The topological polar surface area (TPSA) is 35.5 Å². The van der Waals surface area contributed by atoms with Gasteiger partial charge in [-0.1, -0.05) is 38.3 Å². The molecule has 168 valence electrons. The number of hydrogen-bond acceptors (Lipinski definition) is 4. The smallest absolute Gasteiger partial charge is 0.350 e. The molecule has 0 spiro atoms. The molecule has 0 radical (unpaired) electrons. The van der Waals surface area contributed by atoms with Crippen LogP contribution in [0, 0.1) is 5.82 Å². The highest BCUT2D eigenvalue weighted by Crippen LogP contribution is 2.24. The Labute approximate surface area is 170 Å². The summed E-state index contributed by atoms with van der Waals surface area (Å²) in [6, 6.07) is 12.9. The van der Waals surface area contributed by atoms with E-state index in [1.54, 1.807) is 42.5 Å². The summed E-state index contributed by atoms with van der Waals surface area (Å²) in [6.07, 6.45) is 4.60. The molecular formula is C19H21F6O3S-5. The standard InChI is InChI=1S/C19H21FO3S.5FH/c1-2-3-4-7-14-22-16-12-10-15(11-13-16)19(21)23-24-18-9-6-5-8-17(18)20;;;;;/h5-6,8-13H,2-4,7,14H2,1H3;5*1H/p-5. The summed E-state index contributed by atoms with van der Waals surface area (Å²) >= 11 is 0.720. The lowest BCUT2D eigenvalue weighted by Crippen LogP contribution is -3.00. The van der Waals surface area contributed by atoms with Crippen LogP contribution >= 0.6 is 12.0 Å². The highest BCUT2D eigenvalue weighted by molar-refractivity contribution is 7.95. The molecule has 0 heterocycles. The van der Waals surface area contributed by atoms with E-state index in [0.717, 1.165) is 30.6 Å². The summed E-state index contributed by atoms with van der Waals surface area (Å²) in [5.41, 5.74) is 0.400. The van der Waals surface area contributed by atoms with E-state index in [-0.39, 0.29) is 28.4 Å². The Morgan fingerprint density at radius 3 is 2.10 bits per heavy atom. The largest absolute Gasteiger partial charge is 1.00 e. The van der Waals surface area contributed by atoms with Crippen molar-refractivity contribution in [2.24, 2.45) is 0 Å². The second kappa shape index (κ2) is 19.0. The van der Waals surface area contributed by atoms with Gasteiger partial charge in [0.05, 0.1) is 29.1 Å². The molecule has 0 fully saturated rings. The Morgan fingerprint density at radius 2 is 1.52 bits per heavy atom. The average molecular weight is 443 g/mol. The van der Waals surface area contributed by atoms with Crippen molar-refractivity contribution in [3.63, 3.8) is 0 Å². The molecule has 3 nitrogen and oxygen atoms in total. The SMILES string of the molecule is CCCCCCOc1ccc(C(=O)OSc2ccccc2F)cc1.[F-].[F-].[F-].[F-].[F-]. The van der Waals surface area contributed by atoms with Gasteiger partial charge in [-0.15, -0.1) is 0 Å². The molecule has 0 bridgehead atoms.